The topological polar surface area (TPSA) is 86.8 Å². The van der Waals surface area contributed by atoms with E-state index in [1.165, 1.54) is 4.31 Å². The Morgan fingerprint density at radius 1 is 0.925 bits per heavy atom. The van der Waals surface area contributed by atoms with Gasteiger partial charge in [0.25, 0.3) is 0 Å². The van der Waals surface area contributed by atoms with Crippen molar-refractivity contribution in [3.8, 4) is 0 Å². The molecule has 40 heavy (non-hydrogen) atoms. The van der Waals surface area contributed by atoms with Crippen LogP contribution in [0.1, 0.15) is 44.2 Å². The summed E-state index contributed by atoms with van der Waals surface area (Å²) in [5, 5.41) is 3.56. The minimum Gasteiger partial charge on any atom is -0.352 e. The van der Waals surface area contributed by atoms with E-state index in [2.05, 4.69) is 5.32 Å². The molecule has 0 unspecified atom stereocenters. The van der Waals surface area contributed by atoms with Crippen molar-refractivity contribution in [1.29, 1.82) is 0 Å². The van der Waals surface area contributed by atoms with Crippen LogP contribution in [0.3, 0.4) is 0 Å². The Hall–Kier alpha value is -3.36. The van der Waals surface area contributed by atoms with Gasteiger partial charge in [-0.3, -0.25) is 13.9 Å². The lowest BCUT2D eigenvalue weighted by molar-refractivity contribution is -0.141. The number of amides is 2. The number of hydrogen-bond acceptors (Lipinski definition) is 4. The third-order valence-electron chi connectivity index (χ3n) is 6.77. The Morgan fingerprint density at radius 3 is 2.12 bits per heavy atom. The molecule has 2 atom stereocenters. The second kappa shape index (κ2) is 14.9. The Labute approximate surface area is 243 Å². The van der Waals surface area contributed by atoms with Gasteiger partial charge in [0.1, 0.15) is 6.04 Å². The summed E-state index contributed by atoms with van der Waals surface area (Å²) in [5.41, 5.74) is 2.20. The molecule has 0 fully saturated rings. The van der Waals surface area contributed by atoms with Crippen LogP contribution in [0.15, 0.2) is 84.9 Å². The van der Waals surface area contributed by atoms with E-state index >= 15 is 0 Å². The fourth-order valence-corrected chi connectivity index (χ4v) is 5.56. The normalized spacial score (nSPS) is 12.8. The van der Waals surface area contributed by atoms with Crippen LogP contribution >= 0.6 is 11.6 Å². The summed E-state index contributed by atoms with van der Waals surface area (Å²) in [5.74, 6) is -0.484. The van der Waals surface area contributed by atoms with E-state index in [4.69, 9.17) is 11.6 Å². The molecule has 3 rings (SSSR count). The maximum Gasteiger partial charge on any atom is 0.243 e. The fourth-order valence-electron chi connectivity index (χ4n) is 4.40. The standard InChI is InChI=1S/C31H38ClN3O4S/c1-4-24(2)33-31(37)29(22-25-14-7-5-8-15-25)34(23-26-16-11-12-19-28(26)32)30(36)20-13-21-35(40(3,38)39)27-17-9-6-10-18-27/h5-12,14-19,24,29H,4,13,20-23H2,1-3H3,(H,33,37)/t24-,29+/m0/s1. The van der Waals surface area contributed by atoms with Crippen molar-refractivity contribution >= 4 is 39.1 Å². The molecule has 0 spiro atoms. The second-order valence-electron chi connectivity index (χ2n) is 9.91. The number of nitrogens with zero attached hydrogens (tertiary/aromatic N) is 2. The van der Waals surface area contributed by atoms with Crippen molar-refractivity contribution in [2.45, 2.75) is 58.2 Å². The number of rotatable bonds is 14. The first-order chi connectivity index (χ1) is 19.1. The zero-order valence-electron chi connectivity index (χ0n) is 23.3. The molecule has 0 saturated heterocycles. The van der Waals surface area contributed by atoms with Crippen molar-refractivity contribution in [3.05, 3.63) is 101 Å². The zero-order chi connectivity index (χ0) is 29.1. The van der Waals surface area contributed by atoms with Crippen LogP contribution in [-0.4, -0.2) is 50.0 Å². The Balaban J connectivity index is 1.89. The predicted octanol–water partition coefficient (Wildman–Crippen LogP) is 5.44. The minimum atomic E-state index is -3.55. The van der Waals surface area contributed by atoms with Gasteiger partial charge in [0.05, 0.1) is 11.9 Å². The first-order valence-corrected chi connectivity index (χ1v) is 15.7. The number of benzene rings is 3. The number of sulfonamides is 1. The number of nitrogens with one attached hydrogen (secondary N) is 1. The average Bonchev–Trinajstić information content (AvgIpc) is 2.94. The van der Waals surface area contributed by atoms with Gasteiger partial charge in [0.15, 0.2) is 0 Å². The van der Waals surface area contributed by atoms with Crippen molar-refractivity contribution in [3.63, 3.8) is 0 Å². The van der Waals surface area contributed by atoms with Crippen molar-refractivity contribution < 1.29 is 18.0 Å². The summed E-state index contributed by atoms with van der Waals surface area (Å²) in [6.07, 6.45) is 2.58. The molecule has 0 aliphatic rings. The van der Waals surface area contributed by atoms with Crippen LogP contribution in [-0.2, 0) is 32.6 Å². The van der Waals surface area contributed by atoms with Gasteiger partial charge in [-0.2, -0.15) is 0 Å². The van der Waals surface area contributed by atoms with Crippen LogP contribution in [0.4, 0.5) is 5.69 Å². The van der Waals surface area contributed by atoms with E-state index in [-0.39, 0.29) is 43.8 Å². The molecular weight excluding hydrogens is 546 g/mol. The summed E-state index contributed by atoms with van der Waals surface area (Å²) in [4.78, 5) is 29.0. The quantitative estimate of drug-likeness (QED) is 0.274. The molecule has 2 amide bonds. The van der Waals surface area contributed by atoms with Crippen LogP contribution in [0.5, 0.6) is 0 Å². The smallest absolute Gasteiger partial charge is 0.243 e. The highest BCUT2D eigenvalue weighted by Gasteiger charge is 2.31. The highest BCUT2D eigenvalue weighted by molar-refractivity contribution is 7.92. The van der Waals surface area contributed by atoms with E-state index in [1.54, 1.807) is 35.2 Å². The number of hydrogen-bond donors (Lipinski definition) is 1. The first kappa shape index (κ1) is 31.2. The van der Waals surface area contributed by atoms with Gasteiger partial charge in [-0.05, 0) is 49.1 Å². The van der Waals surface area contributed by atoms with Crippen LogP contribution in [0.2, 0.25) is 5.02 Å². The summed E-state index contributed by atoms with van der Waals surface area (Å²) in [6, 6.07) is 24.8. The Kier molecular flexibility index (Phi) is 11.6. The lowest BCUT2D eigenvalue weighted by Gasteiger charge is -2.33. The number of carbonyl (C=O) groups is 2. The minimum absolute atomic E-state index is 0.0581. The second-order valence-corrected chi connectivity index (χ2v) is 12.2. The summed E-state index contributed by atoms with van der Waals surface area (Å²) in [6.45, 7) is 4.21. The van der Waals surface area contributed by atoms with E-state index in [1.807, 2.05) is 68.4 Å². The van der Waals surface area contributed by atoms with Crippen molar-refractivity contribution in [2.75, 3.05) is 17.1 Å². The number of carbonyl (C=O) groups excluding carboxylic acids is 2. The SMILES string of the molecule is CC[C@H](C)NC(=O)[C@@H](Cc1ccccc1)N(Cc1ccccc1Cl)C(=O)CCCN(c1ccccc1)S(C)(=O)=O. The van der Waals surface area contributed by atoms with Gasteiger partial charge in [0.2, 0.25) is 21.8 Å². The Morgan fingerprint density at radius 2 is 1.52 bits per heavy atom. The van der Waals surface area contributed by atoms with Crippen LogP contribution in [0, 0.1) is 0 Å². The van der Waals surface area contributed by atoms with E-state index in [9.17, 15) is 18.0 Å². The molecule has 0 aliphatic carbocycles. The summed E-state index contributed by atoms with van der Waals surface area (Å²) >= 11 is 6.48. The molecule has 7 nitrogen and oxygen atoms in total. The molecule has 0 saturated carbocycles. The van der Waals surface area contributed by atoms with Gasteiger partial charge >= 0.3 is 0 Å². The molecular formula is C31H38ClN3O4S. The molecule has 0 heterocycles. The molecule has 9 heteroatoms. The molecule has 214 valence electrons. The molecule has 0 radical (unpaired) electrons. The lowest BCUT2D eigenvalue weighted by Crippen LogP contribution is -2.52. The van der Waals surface area contributed by atoms with Crippen molar-refractivity contribution in [1.82, 2.24) is 10.2 Å². The number of halogens is 1. The molecule has 3 aromatic rings. The van der Waals surface area contributed by atoms with E-state index in [0.29, 0.717) is 17.1 Å². The number of anilines is 1. The zero-order valence-corrected chi connectivity index (χ0v) is 24.9. The van der Waals surface area contributed by atoms with E-state index < -0.39 is 16.1 Å². The monoisotopic (exact) mass is 583 g/mol. The third kappa shape index (κ3) is 9.10. The largest absolute Gasteiger partial charge is 0.352 e. The predicted molar refractivity (Wildman–Crippen MR) is 162 cm³/mol. The molecule has 0 aromatic heterocycles. The van der Waals surface area contributed by atoms with Crippen molar-refractivity contribution in [2.24, 2.45) is 0 Å². The van der Waals surface area contributed by atoms with Gasteiger partial charge in [0, 0.05) is 37.0 Å². The molecule has 0 bridgehead atoms. The average molecular weight is 584 g/mol. The van der Waals surface area contributed by atoms with Gasteiger partial charge in [-0.1, -0.05) is 85.3 Å². The molecule has 3 aromatic carbocycles. The fraction of sp³-hybridized carbons (Fsp3) is 0.355. The van der Waals surface area contributed by atoms with Gasteiger partial charge < -0.3 is 10.2 Å². The first-order valence-electron chi connectivity index (χ1n) is 13.5. The highest BCUT2D eigenvalue weighted by Crippen LogP contribution is 2.22. The molecule has 1 N–H and O–H groups in total. The van der Waals surface area contributed by atoms with Crippen LogP contribution < -0.4 is 9.62 Å². The summed E-state index contributed by atoms with van der Waals surface area (Å²) < 4.78 is 26.3. The lowest BCUT2D eigenvalue weighted by atomic mass is 10.0. The summed E-state index contributed by atoms with van der Waals surface area (Å²) in [7, 11) is -3.55. The highest BCUT2D eigenvalue weighted by atomic mass is 35.5. The molecule has 0 aliphatic heterocycles. The van der Waals surface area contributed by atoms with E-state index in [0.717, 1.165) is 23.8 Å². The Bertz CT molecular complexity index is 1350. The maximum atomic E-state index is 13.9. The maximum absolute atomic E-state index is 13.9. The van der Waals surface area contributed by atoms with Gasteiger partial charge in [-0.25, -0.2) is 8.42 Å². The van der Waals surface area contributed by atoms with Gasteiger partial charge in [-0.15, -0.1) is 0 Å². The van der Waals surface area contributed by atoms with Crippen LogP contribution in [0.25, 0.3) is 0 Å². The number of para-hydroxylation sites is 1. The third-order valence-corrected chi connectivity index (χ3v) is 8.33.